The Morgan fingerprint density at radius 2 is 0.477 bits per heavy atom. The van der Waals surface area contributed by atoms with Gasteiger partial charge in [0.15, 0.2) is 17.5 Å². The van der Waals surface area contributed by atoms with E-state index in [0.717, 1.165) is 128 Å². The Labute approximate surface area is 858 Å². The van der Waals surface area contributed by atoms with Crippen molar-refractivity contribution in [3.8, 4) is 130 Å². The van der Waals surface area contributed by atoms with Gasteiger partial charge in [-0.2, -0.15) is 5.26 Å². The SMILES string of the molecule is CC1(C)c2cc(C#N)ccc2-c2ccc(-c3cccc(-c4nc5c6ccccc6c6ccccc6c5c5c4ccc4ccccc45)c3)cc21.c1ccc(-c2nc(-c3ccccc3)nc(-c3ccc(-c4nc5c6ccccc6c6ccccc6c5c5c4ccc4ccccc45)cc3)n2)cc1.c1cncc(-c2cc(-c3ccc(-c4nc5c6ccccc6c6ccccc6c5c5c4ccc4ccccc45)cc3)cc(-c3cccnc3)c2)c1. The number of hydrogen-bond acceptors (Lipinski definition) is 9. The van der Waals surface area contributed by atoms with Crippen LogP contribution < -0.4 is 0 Å². The van der Waals surface area contributed by atoms with Crippen LogP contribution in [0.15, 0.2) is 492 Å². The minimum Gasteiger partial charge on any atom is -0.264 e. The molecule has 1 aliphatic carbocycles. The molecule has 6 heterocycles. The van der Waals surface area contributed by atoms with E-state index in [1.165, 1.54) is 152 Å². The normalized spacial score (nSPS) is 12.1. The number of rotatable bonds is 10. The monoisotopic (exact) mass is 1890 g/mol. The third kappa shape index (κ3) is 14.7. The van der Waals surface area contributed by atoms with Crippen molar-refractivity contribution in [3.63, 3.8) is 0 Å². The molecule has 0 spiro atoms. The van der Waals surface area contributed by atoms with E-state index in [0.29, 0.717) is 23.0 Å². The Kier molecular flexibility index (Phi) is 20.8. The highest BCUT2D eigenvalue weighted by Crippen LogP contribution is 2.53. The van der Waals surface area contributed by atoms with Gasteiger partial charge in [0.2, 0.25) is 0 Å². The molecule has 23 aromatic carbocycles. The number of benzene rings is 23. The highest BCUT2D eigenvalue weighted by Gasteiger charge is 2.37. The Hall–Kier alpha value is -19.8. The standard InChI is InChI=1S/C47H29N3.C47H30N2.C46H28N4/c1-2-12-38-31(9-1)21-22-43-44(38)45-41-15-5-3-13-39(41)40-14-4-6-16-42(40)47(45)50-46(43)32-19-17-30(18-20-32)35-25-36(33-10-7-23-48-28-33)27-37(26-35)34-11-8-24-49-29-34;1-47(2)41-24-28(27-48)18-21-36(41)37-22-20-31(26-42(37)47)30-11-9-12-32(25-30)45-40-23-19-29-10-3-4-13-33(29)43(40)44-38-16-7-5-14-34(38)35-15-6-8-17-39(35)46(44)49-45;1-3-14-31(15-4-1)44-48-45(32-16-5-2-6-17-32)50-46(49-44)33-25-23-30(24-26-33)42-39-28-27-29-13-7-8-18-34(29)40(39)41-37-21-11-9-19-35(37)36-20-10-12-22-38(36)43(41)47-42/h1-29H;3-26H,1-2H3;1-28H. The fourth-order valence-electron chi connectivity index (χ4n) is 23.4. The smallest absolute Gasteiger partial charge is 0.164 e. The Morgan fingerprint density at radius 3 is 0.872 bits per heavy atom. The van der Waals surface area contributed by atoms with Crippen molar-refractivity contribution in [2.75, 3.05) is 0 Å². The molecule has 0 atom stereocenters. The second-order valence-corrected chi connectivity index (χ2v) is 39.3. The number of pyridine rings is 5. The van der Waals surface area contributed by atoms with E-state index in [1.807, 2.05) is 104 Å². The number of fused-ring (bicyclic) bond motifs is 33. The number of nitrogens with zero attached hydrogens (tertiary/aromatic N) is 9. The van der Waals surface area contributed by atoms with Gasteiger partial charge < -0.3 is 0 Å². The molecule has 9 heteroatoms. The molecule has 0 aliphatic heterocycles. The first kappa shape index (κ1) is 87.0. The second kappa shape index (κ2) is 35.7. The third-order valence-corrected chi connectivity index (χ3v) is 30.5. The quantitative estimate of drug-likeness (QED) is 0.123. The average molecular weight is 1900 g/mol. The van der Waals surface area contributed by atoms with Gasteiger partial charge in [-0.3, -0.25) is 9.97 Å². The van der Waals surface area contributed by atoms with Gasteiger partial charge in [0, 0.05) is 139 Å². The van der Waals surface area contributed by atoms with Gasteiger partial charge in [0.25, 0.3) is 0 Å². The van der Waals surface area contributed by atoms with Crippen LogP contribution in [0.2, 0.25) is 0 Å². The van der Waals surface area contributed by atoms with Gasteiger partial charge in [0.05, 0.1) is 45.3 Å². The molecular formula is C140H87N9. The molecule has 0 saturated heterocycles. The van der Waals surface area contributed by atoms with E-state index in [1.54, 1.807) is 0 Å². The molecule has 29 aromatic rings. The van der Waals surface area contributed by atoms with Gasteiger partial charge in [-0.1, -0.05) is 426 Å². The maximum absolute atomic E-state index is 9.59. The van der Waals surface area contributed by atoms with Crippen LogP contribution in [0.1, 0.15) is 30.5 Å². The molecular weight excluding hydrogens is 1810 g/mol. The van der Waals surface area contributed by atoms with Crippen molar-refractivity contribution < 1.29 is 0 Å². The van der Waals surface area contributed by atoms with Gasteiger partial charge in [-0.15, -0.1) is 0 Å². The number of nitriles is 1. The average Bonchev–Trinajstić information content (AvgIpc) is 1.56. The van der Waals surface area contributed by atoms with Gasteiger partial charge in [-0.25, -0.2) is 29.9 Å². The van der Waals surface area contributed by atoms with Crippen molar-refractivity contribution in [1.82, 2.24) is 39.9 Å². The van der Waals surface area contributed by atoms with Crippen LogP contribution in [0.3, 0.4) is 0 Å². The molecule has 0 unspecified atom stereocenters. The van der Waals surface area contributed by atoms with Gasteiger partial charge in [-0.05, 0) is 191 Å². The fourth-order valence-corrected chi connectivity index (χ4v) is 23.4. The first-order valence-electron chi connectivity index (χ1n) is 50.6. The maximum Gasteiger partial charge on any atom is 0.164 e. The number of hydrogen-bond donors (Lipinski definition) is 0. The first-order valence-corrected chi connectivity index (χ1v) is 50.6. The second-order valence-electron chi connectivity index (χ2n) is 39.3. The van der Waals surface area contributed by atoms with Crippen molar-refractivity contribution in [2.45, 2.75) is 19.3 Å². The van der Waals surface area contributed by atoms with E-state index in [2.05, 4.69) is 418 Å². The summed E-state index contributed by atoms with van der Waals surface area (Å²) in [5.41, 5.74) is 26.5. The lowest BCUT2D eigenvalue weighted by Crippen LogP contribution is -2.15. The number of aromatic nitrogens is 8. The van der Waals surface area contributed by atoms with Crippen LogP contribution in [0.4, 0.5) is 0 Å². The van der Waals surface area contributed by atoms with E-state index >= 15 is 0 Å². The summed E-state index contributed by atoms with van der Waals surface area (Å²) in [6.07, 6.45) is 7.46. The lowest BCUT2D eigenvalue weighted by Gasteiger charge is -2.22. The minimum atomic E-state index is -0.202. The van der Waals surface area contributed by atoms with Crippen molar-refractivity contribution >= 4 is 162 Å². The predicted molar refractivity (Wildman–Crippen MR) is 621 cm³/mol. The Bertz CT molecular complexity index is 10100. The molecule has 0 bridgehead atoms. The summed E-state index contributed by atoms with van der Waals surface area (Å²) in [7, 11) is 0. The summed E-state index contributed by atoms with van der Waals surface area (Å²) in [4.78, 5) is 40.2. The Balaban J connectivity index is 0.000000108. The topological polar surface area (TPSA) is 127 Å². The molecule has 0 radical (unpaired) electrons. The van der Waals surface area contributed by atoms with Crippen LogP contribution in [0, 0.1) is 11.3 Å². The molecule has 149 heavy (non-hydrogen) atoms. The van der Waals surface area contributed by atoms with Crippen LogP contribution in [0.25, 0.3) is 286 Å². The molecule has 0 saturated carbocycles. The van der Waals surface area contributed by atoms with E-state index in [4.69, 9.17) is 29.9 Å². The maximum atomic E-state index is 9.59. The van der Waals surface area contributed by atoms with Gasteiger partial charge >= 0.3 is 0 Å². The first-order chi connectivity index (χ1) is 73.6. The van der Waals surface area contributed by atoms with Crippen molar-refractivity contribution in [2.24, 2.45) is 0 Å². The third-order valence-electron chi connectivity index (χ3n) is 30.5. The molecule has 0 fully saturated rings. The van der Waals surface area contributed by atoms with Crippen molar-refractivity contribution in [1.29, 1.82) is 5.26 Å². The summed E-state index contributed by atoms with van der Waals surface area (Å²) < 4.78 is 0. The summed E-state index contributed by atoms with van der Waals surface area (Å²) >= 11 is 0. The fraction of sp³-hybridized carbons (Fsp3) is 0.0214. The molecule has 30 rings (SSSR count). The van der Waals surface area contributed by atoms with Crippen LogP contribution >= 0.6 is 0 Å². The molecule has 1 aliphatic rings. The summed E-state index contributed by atoms with van der Waals surface area (Å²) in [6.45, 7) is 4.53. The highest BCUT2D eigenvalue weighted by atomic mass is 15.0. The zero-order valence-corrected chi connectivity index (χ0v) is 81.3. The van der Waals surface area contributed by atoms with E-state index < -0.39 is 0 Å². The summed E-state index contributed by atoms with van der Waals surface area (Å²) in [6, 6.07) is 168. The van der Waals surface area contributed by atoms with Crippen molar-refractivity contribution in [3.05, 3.63) is 509 Å². The minimum absolute atomic E-state index is 0.202. The van der Waals surface area contributed by atoms with E-state index in [-0.39, 0.29) is 5.41 Å². The van der Waals surface area contributed by atoms with E-state index in [9.17, 15) is 5.26 Å². The lowest BCUT2D eigenvalue weighted by molar-refractivity contribution is 0.660. The molecule has 692 valence electrons. The predicted octanol–water partition coefficient (Wildman–Crippen LogP) is 36.4. The highest BCUT2D eigenvalue weighted by molar-refractivity contribution is 6.39. The Morgan fingerprint density at radius 1 is 0.188 bits per heavy atom. The lowest BCUT2D eigenvalue weighted by atomic mass is 9.81. The van der Waals surface area contributed by atoms with Crippen LogP contribution in [0.5, 0.6) is 0 Å². The molecule has 0 N–H and O–H groups in total. The van der Waals surface area contributed by atoms with Crippen LogP contribution in [-0.4, -0.2) is 39.9 Å². The summed E-state index contributed by atoms with van der Waals surface area (Å²) in [5, 5.41) is 42.3. The van der Waals surface area contributed by atoms with Gasteiger partial charge in [0.1, 0.15) is 0 Å². The summed E-state index contributed by atoms with van der Waals surface area (Å²) in [5.74, 6) is 1.92. The molecule has 0 amide bonds. The zero-order valence-electron chi connectivity index (χ0n) is 81.3. The molecule has 6 aromatic heterocycles. The largest absolute Gasteiger partial charge is 0.264 e. The van der Waals surface area contributed by atoms with Crippen LogP contribution in [-0.2, 0) is 5.41 Å². The molecule has 9 nitrogen and oxygen atoms in total. The zero-order chi connectivity index (χ0) is 98.9.